The molecule has 0 saturated carbocycles. The lowest BCUT2D eigenvalue weighted by Gasteiger charge is -2.06. The Hall–Kier alpha value is -2.73. The lowest BCUT2D eigenvalue weighted by atomic mass is 10.2. The molecule has 0 bridgehead atoms. The first-order valence-corrected chi connectivity index (χ1v) is 5.89. The topological polar surface area (TPSA) is 41.1 Å². The van der Waals surface area contributed by atoms with Crippen LogP contribution in [-0.4, -0.2) is 5.91 Å². The monoisotopic (exact) mass is 252 g/mol. The molecule has 0 saturated heterocycles. The summed E-state index contributed by atoms with van der Waals surface area (Å²) in [6.45, 7) is 2.00. The summed E-state index contributed by atoms with van der Waals surface area (Å²) < 4.78 is 0. The fourth-order valence-electron chi connectivity index (χ4n) is 1.63. The van der Waals surface area contributed by atoms with Crippen molar-refractivity contribution in [3.05, 3.63) is 59.7 Å². The first-order valence-electron chi connectivity index (χ1n) is 5.89. The maximum atomic E-state index is 12.0. The van der Waals surface area contributed by atoms with Crippen LogP contribution in [0.25, 0.3) is 0 Å². The maximum absolute atomic E-state index is 12.0. The van der Waals surface area contributed by atoms with E-state index in [1.807, 2.05) is 31.2 Å². The average Bonchev–Trinajstić information content (AvgIpc) is 2.42. The predicted molar refractivity (Wildman–Crippen MR) is 80.1 cm³/mol. The van der Waals surface area contributed by atoms with Crippen LogP contribution < -0.4 is 10.6 Å². The number of carbonyl (C=O) groups excluding carboxylic acids is 1. The Morgan fingerprint density at radius 1 is 1.05 bits per heavy atom. The molecule has 0 aliphatic heterocycles. The van der Waals surface area contributed by atoms with E-state index in [1.54, 1.807) is 24.3 Å². The predicted octanol–water partition coefficient (Wildman–Crippen LogP) is 3.50. The first-order chi connectivity index (χ1) is 9.19. The molecular formula is C16H16N2O. The normalized spacial score (nSPS) is 9.47. The highest BCUT2D eigenvalue weighted by Crippen LogP contribution is 2.13. The minimum atomic E-state index is -0.142. The highest BCUT2D eigenvalue weighted by atomic mass is 16.1. The number of terminal acetylenes is 1. The lowest BCUT2D eigenvalue weighted by molar-refractivity contribution is 0.102. The lowest BCUT2D eigenvalue weighted by Crippen LogP contribution is -2.11. The summed E-state index contributed by atoms with van der Waals surface area (Å²) in [5.74, 6) is -0.142. The summed E-state index contributed by atoms with van der Waals surface area (Å²) in [6, 6.07) is 17.0. The molecule has 0 aliphatic carbocycles. The van der Waals surface area contributed by atoms with Gasteiger partial charge in [-0.05, 0) is 43.3 Å². The van der Waals surface area contributed by atoms with Crippen LogP contribution in [0.3, 0.4) is 0 Å². The van der Waals surface area contributed by atoms with Crippen LogP contribution >= 0.6 is 0 Å². The molecule has 3 nitrogen and oxygen atoms in total. The van der Waals surface area contributed by atoms with Gasteiger partial charge in [0.25, 0.3) is 5.91 Å². The Bertz CT molecular complexity index is 612. The van der Waals surface area contributed by atoms with Crippen molar-refractivity contribution >= 4 is 17.3 Å². The van der Waals surface area contributed by atoms with Crippen LogP contribution in [0.5, 0.6) is 0 Å². The van der Waals surface area contributed by atoms with Crippen LogP contribution in [0.15, 0.2) is 48.5 Å². The summed E-state index contributed by atoms with van der Waals surface area (Å²) in [5, 5.41) is 5.56. The minimum Gasteiger partial charge on any atom is -0.322 e. The Labute approximate surface area is 114 Å². The zero-order valence-corrected chi connectivity index (χ0v) is 10.6. The quantitative estimate of drug-likeness (QED) is 0.648. The van der Waals surface area contributed by atoms with E-state index >= 15 is 0 Å². The van der Waals surface area contributed by atoms with Crippen molar-refractivity contribution in [1.29, 1.82) is 0 Å². The van der Waals surface area contributed by atoms with E-state index in [-0.39, 0.29) is 7.33 Å². The number of aryl methyl sites for hydroxylation is 1. The first kappa shape index (κ1) is 12.7. The third kappa shape index (κ3) is 3.36. The van der Waals surface area contributed by atoms with Crippen molar-refractivity contribution in [2.45, 2.75) is 6.92 Å². The molecule has 2 rings (SSSR count). The minimum absolute atomic E-state index is 0. The molecule has 3 heteroatoms. The van der Waals surface area contributed by atoms with Gasteiger partial charge in [0.15, 0.2) is 0 Å². The molecular weight excluding hydrogens is 236 g/mol. The van der Waals surface area contributed by atoms with E-state index < -0.39 is 0 Å². The number of rotatable bonds is 3. The molecule has 0 spiro atoms. The van der Waals surface area contributed by atoms with Gasteiger partial charge in [-0.25, -0.2) is 0 Å². The van der Waals surface area contributed by atoms with Gasteiger partial charge in [-0.1, -0.05) is 24.1 Å². The summed E-state index contributed by atoms with van der Waals surface area (Å²) >= 11 is 0. The molecule has 0 radical (unpaired) electrons. The van der Waals surface area contributed by atoms with Gasteiger partial charge in [-0.2, -0.15) is 0 Å². The van der Waals surface area contributed by atoms with Gasteiger partial charge < -0.3 is 10.6 Å². The molecule has 19 heavy (non-hydrogen) atoms. The molecule has 1 amide bonds. The van der Waals surface area contributed by atoms with Crippen molar-refractivity contribution < 1.29 is 6.22 Å². The zero-order chi connectivity index (χ0) is 13.7. The van der Waals surface area contributed by atoms with Crippen LogP contribution in [-0.2, 0) is 0 Å². The molecule has 0 fully saturated rings. The van der Waals surface area contributed by atoms with Gasteiger partial charge in [0.2, 0.25) is 0 Å². The smallest absolute Gasteiger partial charge is 0.255 e. The second kappa shape index (κ2) is 5.74. The zero-order valence-electron chi connectivity index (χ0n) is 10.6. The van der Waals surface area contributed by atoms with E-state index in [2.05, 4.69) is 16.7 Å². The van der Waals surface area contributed by atoms with E-state index in [1.165, 1.54) is 0 Å². The molecule has 2 aromatic rings. The van der Waals surface area contributed by atoms with Gasteiger partial charge in [0.1, 0.15) is 0 Å². The molecule has 2 N–H and O–H groups in total. The Kier molecular flexibility index (Phi) is 3.84. The van der Waals surface area contributed by atoms with Crippen molar-refractivity contribution in [2.24, 2.45) is 0 Å². The Balaban J connectivity index is 0.00000200. The van der Waals surface area contributed by atoms with E-state index in [0.29, 0.717) is 5.56 Å². The van der Waals surface area contributed by atoms with Gasteiger partial charge in [0, 0.05) is 24.4 Å². The SMILES string of the molecule is C#CNc1ccc(C(=O)Nc2ccc(C)cc2)cc1.[HH]. The van der Waals surface area contributed by atoms with Gasteiger partial charge >= 0.3 is 0 Å². The average molecular weight is 252 g/mol. The van der Waals surface area contributed by atoms with Crippen molar-refractivity contribution in [2.75, 3.05) is 10.6 Å². The fourth-order valence-corrected chi connectivity index (χ4v) is 1.63. The van der Waals surface area contributed by atoms with Gasteiger partial charge in [-0.15, -0.1) is 0 Å². The maximum Gasteiger partial charge on any atom is 0.255 e. The summed E-state index contributed by atoms with van der Waals surface area (Å²) in [4.78, 5) is 12.0. The van der Waals surface area contributed by atoms with Gasteiger partial charge in [-0.3, -0.25) is 4.79 Å². The van der Waals surface area contributed by atoms with E-state index in [9.17, 15) is 4.79 Å². The van der Waals surface area contributed by atoms with Crippen LogP contribution in [0.1, 0.15) is 17.3 Å². The van der Waals surface area contributed by atoms with Crippen molar-refractivity contribution in [3.8, 4) is 12.5 Å². The Morgan fingerprint density at radius 3 is 2.21 bits per heavy atom. The van der Waals surface area contributed by atoms with Crippen molar-refractivity contribution in [1.82, 2.24) is 0 Å². The van der Waals surface area contributed by atoms with Crippen molar-refractivity contribution in [3.63, 3.8) is 0 Å². The van der Waals surface area contributed by atoms with Crippen LogP contribution in [0.2, 0.25) is 0 Å². The van der Waals surface area contributed by atoms with E-state index in [0.717, 1.165) is 16.9 Å². The fraction of sp³-hybridized carbons (Fsp3) is 0.0625. The molecule has 0 heterocycles. The van der Waals surface area contributed by atoms with E-state index in [4.69, 9.17) is 6.42 Å². The highest BCUT2D eigenvalue weighted by Gasteiger charge is 2.05. The number of nitrogens with one attached hydrogen (secondary N) is 2. The molecule has 0 aromatic heterocycles. The summed E-state index contributed by atoms with van der Waals surface area (Å²) in [5.41, 5.74) is 3.31. The highest BCUT2D eigenvalue weighted by molar-refractivity contribution is 6.04. The molecule has 2 aromatic carbocycles. The second-order valence-electron chi connectivity index (χ2n) is 4.17. The number of anilines is 2. The number of hydrogen-bond acceptors (Lipinski definition) is 2. The third-order valence-corrected chi connectivity index (χ3v) is 2.67. The van der Waals surface area contributed by atoms with Gasteiger partial charge in [0.05, 0.1) is 0 Å². The largest absolute Gasteiger partial charge is 0.322 e. The second-order valence-corrected chi connectivity index (χ2v) is 4.17. The molecule has 0 aliphatic rings. The molecule has 0 unspecified atom stereocenters. The number of hydrogen-bond donors (Lipinski definition) is 2. The third-order valence-electron chi connectivity index (χ3n) is 2.67. The standard InChI is InChI=1S/C16H14N2O.H2/c1-3-17-14-10-6-13(7-11-14)16(19)18-15-8-4-12(2)5-9-15;/h1,4-11,17H,2H3,(H,18,19);1H. The molecule has 96 valence electrons. The molecule has 0 atom stereocenters. The number of amides is 1. The summed E-state index contributed by atoms with van der Waals surface area (Å²) in [6.07, 6.45) is 5.13. The van der Waals surface area contributed by atoms with Crippen LogP contribution in [0.4, 0.5) is 11.4 Å². The number of benzene rings is 2. The Morgan fingerprint density at radius 2 is 1.63 bits per heavy atom. The summed E-state index contributed by atoms with van der Waals surface area (Å²) in [7, 11) is 0. The number of carbonyl (C=O) groups is 1. The van der Waals surface area contributed by atoms with Crippen LogP contribution in [0, 0.1) is 19.4 Å².